The highest BCUT2D eigenvalue weighted by Crippen LogP contribution is 1.91. The molecule has 0 atom stereocenters. The van der Waals surface area contributed by atoms with Crippen molar-refractivity contribution in [2.75, 3.05) is 0 Å². The summed E-state index contributed by atoms with van der Waals surface area (Å²) in [5.74, 6) is 0. The molecule has 5 heteroatoms. The van der Waals surface area contributed by atoms with E-state index in [1.807, 2.05) is 21.5 Å². The standard InChI is InChI=1S/C8H10N4O/c1-3-11(5-9-1)7-13-8-12-4-2-10-6-12/h1-6H,7-8H2. The molecule has 2 aromatic heterocycles. The molecule has 5 nitrogen and oxygen atoms in total. The van der Waals surface area contributed by atoms with Crippen molar-refractivity contribution in [3.05, 3.63) is 37.4 Å². The van der Waals surface area contributed by atoms with E-state index in [2.05, 4.69) is 9.97 Å². The monoisotopic (exact) mass is 178 g/mol. The van der Waals surface area contributed by atoms with E-state index in [9.17, 15) is 0 Å². The van der Waals surface area contributed by atoms with E-state index in [1.54, 1.807) is 25.0 Å². The molecule has 68 valence electrons. The molecule has 0 spiro atoms. The van der Waals surface area contributed by atoms with Gasteiger partial charge in [-0.05, 0) is 0 Å². The van der Waals surface area contributed by atoms with Gasteiger partial charge in [0, 0.05) is 24.8 Å². The van der Waals surface area contributed by atoms with Crippen LogP contribution in [0.15, 0.2) is 37.4 Å². The molecule has 2 heterocycles. The first kappa shape index (κ1) is 8.00. The summed E-state index contributed by atoms with van der Waals surface area (Å²) in [5.41, 5.74) is 0. The first-order valence-electron chi connectivity index (χ1n) is 3.94. The molecule has 0 fully saturated rings. The molecule has 13 heavy (non-hydrogen) atoms. The first-order chi connectivity index (χ1) is 6.45. The van der Waals surface area contributed by atoms with Crippen molar-refractivity contribution in [1.82, 2.24) is 19.1 Å². The maximum absolute atomic E-state index is 5.37. The predicted octanol–water partition coefficient (Wildman–Crippen LogP) is 0.711. The van der Waals surface area contributed by atoms with Crippen LogP contribution in [0.2, 0.25) is 0 Å². The van der Waals surface area contributed by atoms with Crippen LogP contribution >= 0.6 is 0 Å². The minimum Gasteiger partial charge on any atom is -0.340 e. The molecule has 0 aliphatic carbocycles. The highest BCUT2D eigenvalue weighted by molar-refractivity contribution is 4.73. The zero-order valence-corrected chi connectivity index (χ0v) is 7.08. The molecular weight excluding hydrogens is 168 g/mol. The zero-order chi connectivity index (χ0) is 8.93. The number of rotatable bonds is 4. The lowest BCUT2D eigenvalue weighted by Gasteiger charge is -2.04. The van der Waals surface area contributed by atoms with Gasteiger partial charge in [0.05, 0.1) is 12.7 Å². The van der Waals surface area contributed by atoms with Crippen molar-refractivity contribution in [2.24, 2.45) is 0 Å². The Morgan fingerprint density at radius 3 is 1.85 bits per heavy atom. The fourth-order valence-electron chi connectivity index (χ4n) is 0.978. The van der Waals surface area contributed by atoms with Crippen LogP contribution in [-0.2, 0) is 18.2 Å². The van der Waals surface area contributed by atoms with Gasteiger partial charge in [0.15, 0.2) is 0 Å². The molecule has 0 bridgehead atoms. The Kier molecular flexibility index (Phi) is 2.38. The van der Waals surface area contributed by atoms with Gasteiger partial charge in [0.1, 0.15) is 13.5 Å². The Labute approximate surface area is 75.6 Å². The number of aromatic nitrogens is 4. The van der Waals surface area contributed by atoms with E-state index >= 15 is 0 Å². The number of hydrogen-bond acceptors (Lipinski definition) is 3. The molecule has 0 N–H and O–H groups in total. The third-order valence-electron chi connectivity index (χ3n) is 1.60. The maximum atomic E-state index is 5.37. The molecule has 0 radical (unpaired) electrons. The van der Waals surface area contributed by atoms with Crippen LogP contribution in [-0.4, -0.2) is 19.1 Å². The molecule has 0 aliphatic heterocycles. The fraction of sp³-hybridized carbons (Fsp3) is 0.250. The normalized spacial score (nSPS) is 10.5. The smallest absolute Gasteiger partial charge is 0.126 e. The van der Waals surface area contributed by atoms with Crippen LogP contribution in [0.5, 0.6) is 0 Å². The Balaban J connectivity index is 1.76. The quantitative estimate of drug-likeness (QED) is 0.692. The number of ether oxygens (including phenoxy) is 1. The Morgan fingerprint density at radius 1 is 0.923 bits per heavy atom. The summed E-state index contributed by atoms with van der Waals surface area (Å²) < 4.78 is 9.08. The van der Waals surface area contributed by atoms with Crippen molar-refractivity contribution < 1.29 is 4.74 Å². The third-order valence-corrected chi connectivity index (χ3v) is 1.60. The molecule has 0 unspecified atom stereocenters. The molecule has 2 rings (SSSR count). The minimum absolute atomic E-state index is 0.512. The van der Waals surface area contributed by atoms with Crippen molar-refractivity contribution >= 4 is 0 Å². The molecule has 0 aliphatic rings. The van der Waals surface area contributed by atoms with Crippen molar-refractivity contribution in [3.8, 4) is 0 Å². The Morgan fingerprint density at radius 2 is 1.46 bits per heavy atom. The number of hydrogen-bond donors (Lipinski definition) is 0. The van der Waals surface area contributed by atoms with Gasteiger partial charge in [-0.1, -0.05) is 0 Å². The number of imidazole rings is 2. The zero-order valence-electron chi connectivity index (χ0n) is 7.08. The van der Waals surface area contributed by atoms with Gasteiger partial charge in [-0.15, -0.1) is 0 Å². The molecular formula is C8H10N4O. The van der Waals surface area contributed by atoms with Gasteiger partial charge in [0.25, 0.3) is 0 Å². The van der Waals surface area contributed by atoms with E-state index in [-0.39, 0.29) is 0 Å². The summed E-state index contributed by atoms with van der Waals surface area (Å²) in [6.07, 6.45) is 10.6. The second-order valence-electron chi connectivity index (χ2n) is 2.62. The van der Waals surface area contributed by atoms with Gasteiger partial charge < -0.3 is 13.9 Å². The van der Waals surface area contributed by atoms with Crippen LogP contribution in [0, 0.1) is 0 Å². The van der Waals surface area contributed by atoms with Crippen molar-refractivity contribution in [3.63, 3.8) is 0 Å². The molecule has 0 amide bonds. The van der Waals surface area contributed by atoms with Gasteiger partial charge in [-0.2, -0.15) is 0 Å². The van der Waals surface area contributed by atoms with Crippen LogP contribution < -0.4 is 0 Å². The molecule has 0 aromatic carbocycles. The topological polar surface area (TPSA) is 44.9 Å². The van der Waals surface area contributed by atoms with Gasteiger partial charge in [0.2, 0.25) is 0 Å². The number of nitrogens with zero attached hydrogens (tertiary/aromatic N) is 4. The van der Waals surface area contributed by atoms with Gasteiger partial charge in [-0.25, -0.2) is 9.97 Å². The summed E-state index contributed by atoms with van der Waals surface area (Å²) >= 11 is 0. The average Bonchev–Trinajstić information content (AvgIpc) is 2.75. The lowest BCUT2D eigenvalue weighted by atomic mass is 10.9. The summed E-state index contributed by atoms with van der Waals surface area (Å²) in [7, 11) is 0. The highest BCUT2D eigenvalue weighted by atomic mass is 16.5. The maximum Gasteiger partial charge on any atom is 0.126 e. The first-order valence-corrected chi connectivity index (χ1v) is 3.94. The van der Waals surface area contributed by atoms with Crippen LogP contribution in [0.1, 0.15) is 0 Å². The van der Waals surface area contributed by atoms with Gasteiger partial charge in [-0.3, -0.25) is 0 Å². The highest BCUT2D eigenvalue weighted by Gasteiger charge is 1.90. The third kappa shape index (κ3) is 2.16. The molecule has 0 saturated carbocycles. The predicted molar refractivity (Wildman–Crippen MR) is 45.5 cm³/mol. The molecule has 0 saturated heterocycles. The van der Waals surface area contributed by atoms with E-state index in [4.69, 9.17) is 4.74 Å². The Bertz CT molecular complexity index is 293. The second kappa shape index (κ2) is 3.86. The van der Waals surface area contributed by atoms with E-state index in [0.29, 0.717) is 13.5 Å². The van der Waals surface area contributed by atoms with Crippen LogP contribution in [0.25, 0.3) is 0 Å². The lowest BCUT2D eigenvalue weighted by molar-refractivity contribution is 0.0273. The van der Waals surface area contributed by atoms with Crippen LogP contribution in [0.4, 0.5) is 0 Å². The van der Waals surface area contributed by atoms with Crippen molar-refractivity contribution in [1.29, 1.82) is 0 Å². The second-order valence-corrected chi connectivity index (χ2v) is 2.62. The summed E-state index contributed by atoms with van der Waals surface area (Å²) in [6, 6.07) is 0. The van der Waals surface area contributed by atoms with Crippen LogP contribution in [0.3, 0.4) is 0 Å². The van der Waals surface area contributed by atoms with E-state index < -0.39 is 0 Å². The summed E-state index contributed by atoms with van der Waals surface area (Å²) in [6.45, 7) is 1.02. The molecule has 2 aromatic rings. The van der Waals surface area contributed by atoms with Gasteiger partial charge >= 0.3 is 0 Å². The summed E-state index contributed by atoms with van der Waals surface area (Å²) in [5, 5.41) is 0. The average molecular weight is 178 g/mol. The largest absolute Gasteiger partial charge is 0.340 e. The van der Waals surface area contributed by atoms with E-state index in [0.717, 1.165) is 0 Å². The SMILES string of the molecule is c1cn(COCn2ccnc2)cn1. The fourth-order valence-corrected chi connectivity index (χ4v) is 0.978. The lowest BCUT2D eigenvalue weighted by Crippen LogP contribution is -2.04. The Hall–Kier alpha value is -1.62. The van der Waals surface area contributed by atoms with Crippen molar-refractivity contribution in [2.45, 2.75) is 13.5 Å². The minimum atomic E-state index is 0.512. The van der Waals surface area contributed by atoms with E-state index in [1.165, 1.54) is 0 Å². The summed E-state index contributed by atoms with van der Waals surface area (Å²) in [4.78, 5) is 7.80.